The van der Waals surface area contributed by atoms with Crippen LogP contribution in [0.5, 0.6) is 0 Å². The number of hydrogen-bond acceptors (Lipinski definition) is 5. The third kappa shape index (κ3) is 4.49. The third-order valence-electron chi connectivity index (χ3n) is 2.14. The molecular formula is C10H15N3O3S. The molecule has 0 bridgehead atoms. The fourth-order valence-electron chi connectivity index (χ4n) is 1.31. The Bertz CT molecular complexity index is 479. The van der Waals surface area contributed by atoms with Crippen molar-refractivity contribution in [3.05, 3.63) is 30.9 Å². The maximum absolute atomic E-state index is 11.6. The van der Waals surface area contributed by atoms with Crippen molar-refractivity contribution in [1.29, 1.82) is 0 Å². The van der Waals surface area contributed by atoms with E-state index in [2.05, 4.69) is 16.5 Å². The number of rotatable bonds is 7. The molecule has 0 spiro atoms. The van der Waals surface area contributed by atoms with Crippen molar-refractivity contribution in [2.24, 2.45) is 5.73 Å². The minimum Gasteiger partial charge on any atom is -0.348 e. The van der Waals surface area contributed by atoms with Crippen molar-refractivity contribution in [2.45, 2.75) is 12.5 Å². The zero-order chi connectivity index (χ0) is 12.9. The molecule has 0 aliphatic carbocycles. The van der Waals surface area contributed by atoms with Gasteiger partial charge >= 0.3 is 0 Å². The van der Waals surface area contributed by atoms with Gasteiger partial charge in [0.1, 0.15) is 5.75 Å². The lowest BCUT2D eigenvalue weighted by Crippen LogP contribution is -2.37. The van der Waals surface area contributed by atoms with Crippen molar-refractivity contribution in [3.8, 4) is 0 Å². The summed E-state index contributed by atoms with van der Waals surface area (Å²) in [6.45, 7) is 3.32. The number of Topliss-reactive ketones (excluding diaryl/α,β-unsaturated/α-hetero) is 1. The van der Waals surface area contributed by atoms with Gasteiger partial charge in [-0.2, -0.15) is 0 Å². The monoisotopic (exact) mass is 257 g/mol. The molecule has 0 amide bonds. The second-order valence-electron chi connectivity index (χ2n) is 3.70. The number of carbonyl (C=O) groups is 1. The molecule has 94 valence electrons. The Labute approximate surface area is 99.9 Å². The molecule has 0 radical (unpaired) electrons. The number of imidazole rings is 1. The Kier molecular flexibility index (Phi) is 4.59. The molecule has 1 aromatic heterocycles. The van der Waals surface area contributed by atoms with Gasteiger partial charge in [0.2, 0.25) is 0 Å². The zero-order valence-corrected chi connectivity index (χ0v) is 10.1. The molecule has 3 N–H and O–H groups in total. The first-order valence-corrected chi connectivity index (χ1v) is 6.83. The summed E-state index contributed by atoms with van der Waals surface area (Å²) in [6, 6.07) is -0.838. The zero-order valence-electron chi connectivity index (χ0n) is 9.30. The summed E-state index contributed by atoms with van der Waals surface area (Å²) < 4.78 is 22.8. The number of hydrogen-bond donors (Lipinski definition) is 2. The van der Waals surface area contributed by atoms with Gasteiger partial charge in [-0.1, -0.05) is 6.08 Å². The average molecular weight is 257 g/mol. The molecule has 0 aliphatic heterocycles. The van der Waals surface area contributed by atoms with Crippen LogP contribution in [0.1, 0.15) is 5.69 Å². The molecule has 0 fully saturated rings. The van der Waals surface area contributed by atoms with Crippen LogP contribution in [0.25, 0.3) is 0 Å². The average Bonchev–Trinajstić information content (AvgIpc) is 2.69. The third-order valence-corrected chi connectivity index (χ3v) is 3.61. The van der Waals surface area contributed by atoms with E-state index in [1.54, 1.807) is 6.20 Å². The number of nitrogens with one attached hydrogen (secondary N) is 1. The molecule has 0 aliphatic rings. The van der Waals surface area contributed by atoms with E-state index in [1.165, 1.54) is 12.4 Å². The SMILES string of the molecule is C=CCS(=O)(=O)CC(=O)[C@@H](N)Cc1cnc[nH]1. The van der Waals surface area contributed by atoms with Crippen LogP contribution in [0.4, 0.5) is 0 Å². The number of H-pyrrole nitrogens is 1. The van der Waals surface area contributed by atoms with Crippen molar-refractivity contribution < 1.29 is 13.2 Å². The van der Waals surface area contributed by atoms with Crippen LogP contribution >= 0.6 is 0 Å². The van der Waals surface area contributed by atoms with Crippen molar-refractivity contribution in [1.82, 2.24) is 9.97 Å². The van der Waals surface area contributed by atoms with Crippen LogP contribution in [-0.2, 0) is 21.1 Å². The van der Waals surface area contributed by atoms with Gasteiger partial charge in [0.05, 0.1) is 18.1 Å². The van der Waals surface area contributed by atoms with E-state index in [0.29, 0.717) is 5.69 Å². The predicted molar refractivity (Wildman–Crippen MR) is 64.1 cm³/mol. The highest BCUT2D eigenvalue weighted by Crippen LogP contribution is 2.00. The summed E-state index contributed by atoms with van der Waals surface area (Å²) in [5.74, 6) is -1.26. The maximum atomic E-state index is 11.6. The van der Waals surface area contributed by atoms with Crippen molar-refractivity contribution in [2.75, 3.05) is 11.5 Å². The van der Waals surface area contributed by atoms with E-state index in [1.807, 2.05) is 0 Å². The van der Waals surface area contributed by atoms with Gasteiger partial charge in [-0.05, 0) is 0 Å². The summed E-state index contributed by atoms with van der Waals surface area (Å²) >= 11 is 0. The lowest BCUT2D eigenvalue weighted by molar-refractivity contribution is -0.117. The molecule has 1 atom stereocenters. The highest BCUT2D eigenvalue weighted by Gasteiger charge is 2.21. The van der Waals surface area contributed by atoms with Gasteiger partial charge in [0.15, 0.2) is 15.6 Å². The van der Waals surface area contributed by atoms with Gasteiger partial charge in [-0.15, -0.1) is 6.58 Å². The number of ketones is 1. The smallest absolute Gasteiger partial charge is 0.164 e. The van der Waals surface area contributed by atoms with Crippen LogP contribution < -0.4 is 5.73 Å². The Hall–Kier alpha value is -1.47. The molecule has 0 unspecified atom stereocenters. The van der Waals surface area contributed by atoms with Gasteiger partial charge < -0.3 is 10.7 Å². The van der Waals surface area contributed by atoms with E-state index in [-0.39, 0.29) is 12.2 Å². The van der Waals surface area contributed by atoms with Gasteiger partial charge in [0.25, 0.3) is 0 Å². The number of nitrogens with two attached hydrogens (primary N) is 1. The molecule has 1 rings (SSSR count). The Morgan fingerprint density at radius 1 is 1.65 bits per heavy atom. The molecule has 1 aromatic rings. The van der Waals surface area contributed by atoms with E-state index in [4.69, 9.17) is 5.73 Å². The lowest BCUT2D eigenvalue weighted by Gasteiger charge is -2.08. The van der Waals surface area contributed by atoms with Crippen LogP contribution in [0.2, 0.25) is 0 Å². The molecule has 7 heteroatoms. The largest absolute Gasteiger partial charge is 0.348 e. The molecule has 0 saturated heterocycles. The van der Waals surface area contributed by atoms with Crippen LogP contribution in [-0.4, -0.2) is 41.7 Å². The van der Waals surface area contributed by atoms with Crippen molar-refractivity contribution >= 4 is 15.6 Å². The Balaban J connectivity index is 2.56. The van der Waals surface area contributed by atoms with Gasteiger partial charge in [-0.3, -0.25) is 4.79 Å². The summed E-state index contributed by atoms with van der Waals surface area (Å²) in [5.41, 5.74) is 6.33. The minimum atomic E-state index is -3.43. The normalized spacial score (nSPS) is 13.2. The lowest BCUT2D eigenvalue weighted by atomic mass is 10.1. The highest BCUT2D eigenvalue weighted by atomic mass is 32.2. The number of carbonyl (C=O) groups excluding carboxylic acids is 1. The quantitative estimate of drug-likeness (QED) is 0.637. The van der Waals surface area contributed by atoms with Crippen molar-refractivity contribution in [3.63, 3.8) is 0 Å². The molecule has 1 heterocycles. The fraction of sp³-hybridized carbons (Fsp3) is 0.400. The summed E-state index contributed by atoms with van der Waals surface area (Å²) in [5, 5.41) is 0. The van der Waals surface area contributed by atoms with Gasteiger partial charge in [-0.25, -0.2) is 13.4 Å². The van der Waals surface area contributed by atoms with E-state index in [0.717, 1.165) is 0 Å². The highest BCUT2D eigenvalue weighted by molar-refractivity contribution is 7.92. The Morgan fingerprint density at radius 3 is 2.88 bits per heavy atom. The number of sulfone groups is 1. The summed E-state index contributed by atoms with van der Waals surface area (Å²) in [7, 11) is -3.43. The second-order valence-corrected chi connectivity index (χ2v) is 5.81. The first-order valence-electron chi connectivity index (χ1n) is 5.01. The molecule has 6 nitrogen and oxygen atoms in total. The molecular weight excluding hydrogens is 242 g/mol. The maximum Gasteiger partial charge on any atom is 0.164 e. The van der Waals surface area contributed by atoms with Gasteiger partial charge in [0, 0.05) is 18.3 Å². The molecule has 17 heavy (non-hydrogen) atoms. The molecule has 0 saturated carbocycles. The number of nitrogens with zero attached hydrogens (tertiary/aromatic N) is 1. The second kappa shape index (κ2) is 5.74. The summed E-state index contributed by atoms with van der Waals surface area (Å²) in [6.07, 6.45) is 4.53. The minimum absolute atomic E-state index is 0.213. The fourth-order valence-corrected chi connectivity index (χ4v) is 2.43. The van der Waals surface area contributed by atoms with Crippen LogP contribution in [0.15, 0.2) is 25.2 Å². The first-order chi connectivity index (χ1) is 7.94. The topological polar surface area (TPSA) is 106 Å². The number of aromatic nitrogens is 2. The predicted octanol–water partition coefficient (Wildman–Crippen LogP) is -0.551. The Morgan fingerprint density at radius 2 is 2.35 bits per heavy atom. The molecule has 0 aromatic carbocycles. The van der Waals surface area contributed by atoms with Crippen LogP contribution in [0, 0.1) is 0 Å². The van der Waals surface area contributed by atoms with Crippen LogP contribution in [0.3, 0.4) is 0 Å². The summed E-state index contributed by atoms with van der Waals surface area (Å²) in [4.78, 5) is 18.2. The standard InChI is InChI=1S/C10H15N3O3S/c1-2-3-17(15,16)6-10(14)9(11)4-8-5-12-7-13-8/h2,5,7,9H,1,3-4,6,11H2,(H,12,13)/t9-/m0/s1. The first kappa shape index (κ1) is 13.6. The number of aromatic amines is 1. The van der Waals surface area contributed by atoms with E-state index < -0.39 is 27.4 Å². The van der Waals surface area contributed by atoms with E-state index in [9.17, 15) is 13.2 Å². The van der Waals surface area contributed by atoms with E-state index >= 15 is 0 Å².